The van der Waals surface area contributed by atoms with Crippen LogP contribution >= 0.6 is 15.9 Å². The fourth-order valence-corrected chi connectivity index (χ4v) is 2.13. The fraction of sp³-hybridized carbons (Fsp3) is 0.0769. The SMILES string of the molecule is Cn1cc(Oc2ccc3cc(Br)ccc3c2)nn1. The molecule has 0 aliphatic carbocycles. The van der Waals surface area contributed by atoms with E-state index in [2.05, 4.69) is 32.3 Å². The molecule has 18 heavy (non-hydrogen) atoms. The molecule has 0 radical (unpaired) electrons. The molecule has 0 saturated heterocycles. The van der Waals surface area contributed by atoms with E-state index in [1.807, 2.05) is 30.3 Å². The van der Waals surface area contributed by atoms with E-state index >= 15 is 0 Å². The van der Waals surface area contributed by atoms with Crippen LogP contribution in [0.2, 0.25) is 0 Å². The van der Waals surface area contributed by atoms with E-state index in [1.165, 1.54) is 0 Å². The van der Waals surface area contributed by atoms with Crippen molar-refractivity contribution in [3.05, 3.63) is 47.1 Å². The van der Waals surface area contributed by atoms with Gasteiger partial charge in [-0.05, 0) is 35.0 Å². The zero-order valence-electron chi connectivity index (χ0n) is 9.67. The van der Waals surface area contributed by atoms with Crippen LogP contribution in [0.5, 0.6) is 11.6 Å². The maximum absolute atomic E-state index is 5.63. The lowest BCUT2D eigenvalue weighted by atomic mass is 10.1. The summed E-state index contributed by atoms with van der Waals surface area (Å²) in [4.78, 5) is 0. The Morgan fingerprint density at radius 1 is 1.11 bits per heavy atom. The molecule has 3 rings (SSSR count). The van der Waals surface area contributed by atoms with Crippen LogP contribution in [0.25, 0.3) is 10.8 Å². The molecule has 0 unspecified atom stereocenters. The summed E-state index contributed by atoms with van der Waals surface area (Å²) in [6.07, 6.45) is 1.73. The minimum absolute atomic E-state index is 0.494. The summed E-state index contributed by atoms with van der Waals surface area (Å²) in [6.45, 7) is 0. The van der Waals surface area contributed by atoms with Crippen LogP contribution in [0.4, 0.5) is 0 Å². The first-order valence-electron chi connectivity index (χ1n) is 5.44. The number of rotatable bonds is 2. The van der Waals surface area contributed by atoms with Crippen LogP contribution in [-0.2, 0) is 7.05 Å². The van der Waals surface area contributed by atoms with Crippen molar-refractivity contribution in [3.63, 3.8) is 0 Å². The van der Waals surface area contributed by atoms with Crippen LogP contribution in [0.3, 0.4) is 0 Å². The molecule has 0 atom stereocenters. The molecule has 0 aliphatic heterocycles. The Labute approximate surface area is 112 Å². The molecule has 1 aromatic heterocycles. The first-order valence-corrected chi connectivity index (χ1v) is 6.23. The van der Waals surface area contributed by atoms with Crippen molar-refractivity contribution in [2.45, 2.75) is 0 Å². The predicted octanol–water partition coefficient (Wildman–Crippen LogP) is 3.52. The Hall–Kier alpha value is -1.88. The smallest absolute Gasteiger partial charge is 0.258 e. The van der Waals surface area contributed by atoms with E-state index < -0.39 is 0 Å². The highest BCUT2D eigenvalue weighted by Crippen LogP contribution is 2.26. The summed E-state index contributed by atoms with van der Waals surface area (Å²) >= 11 is 3.46. The number of benzene rings is 2. The second-order valence-corrected chi connectivity index (χ2v) is 4.90. The number of fused-ring (bicyclic) bond motifs is 1. The van der Waals surface area contributed by atoms with Gasteiger partial charge >= 0.3 is 0 Å². The highest BCUT2D eigenvalue weighted by atomic mass is 79.9. The maximum atomic E-state index is 5.63. The monoisotopic (exact) mass is 303 g/mol. The minimum Gasteiger partial charge on any atom is -0.436 e. The normalized spacial score (nSPS) is 10.8. The third-order valence-electron chi connectivity index (χ3n) is 2.58. The molecule has 90 valence electrons. The summed E-state index contributed by atoms with van der Waals surface area (Å²) in [5, 5.41) is 10.00. The third-order valence-corrected chi connectivity index (χ3v) is 3.07. The van der Waals surface area contributed by atoms with Crippen molar-refractivity contribution in [3.8, 4) is 11.6 Å². The van der Waals surface area contributed by atoms with Crippen molar-refractivity contribution >= 4 is 26.7 Å². The molecule has 0 fully saturated rings. The Bertz CT molecular complexity index is 708. The molecule has 5 heteroatoms. The van der Waals surface area contributed by atoms with Crippen LogP contribution in [0, 0.1) is 0 Å². The first-order chi connectivity index (χ1) is 8.70. The molecule has 2 aromatic carbocycles. The molecule has 0 bridgehead atoms. The van der Waals surface area contributed by atoms with Crippen molar-refractivity contribution in [2.24, 2.45) is 7.05 Å². The van der Waals surface area contributed by atoms with Crippen molar-refractivity contribution in [2.75, 3.05) is 0 Å². The Kier molecular flexibility index (Phi) is 2.76. The second-order valence-electron chi connectivity index (χ2n) is 3.99. The van der Waals surface area contributed by atoms with Gasteiger partial charge in [-0.1, -0.05) is 38.4 Å². The summed E-state index contributed by atoms with van der Waals surface area (Å²) in [5.41, 5.74) is 0. The molecule has 0 spiro atoms. The van der Waals surface area contributed by atoms with Crippen LogP contribution in [-0.4, -0.2) is 15.0 Å². The van der Waals surface area contributed by atoms with Crippen LogP contribution < -0.4 is 4.74 Å². The molecular weight excluding hydrogens is 294 g/mol. The lowest BCUT2D eigenvalue weighted by Crippen LogP contribution is -1.85. The molecule has 0 amide bonds. The molecule has 1 heterocycles. The summed E-state index contributed by atoms with van der Waals surface area (Å²) < 4.78 is 8.30. The number of aromatic nitrogens is 3. The van der Waals surface area contributed by atoms with E-state index in [-0.39, 0.29) is 0 Å². The van der Waals surface area contributed by atoms with E-state index in [9.17, 15) is 0 Å². The number of hydrogen-bond donors (Lipinski definition) is 0. The number of ether oxygens (including phenoxy) is 1. The summed E-state index contributed by atoms with van der Waals surface area (Å²) in [6, 6.07) is 12.0. The Balaban J connectivity index is 1.96. The average molecular weight is 304 g/mol. The number of aryl methyl sites for hydroxylation is 1. The molecule has 0 N–H and O–H groups in total. The molecule has 3 aromatic rings. The van der Waals surface area contributed by atoms with Crippen molar-refractivity contribution in [1.29, 1.82) is 0 Å². The van der Waals surface area contributed by atoms with Crippen LogP contribution in [0.1, 0.15) is 0 Å². The standard InChI is InChI=1S/C13H10BrN3O/c1-17-8-13(15-16-17)18-12-5-3-9-6-11(14)4-2-10(9)7-12/h2-8H,1H3. The van der Waals surface area contributed by atoms with Gasteiger partial charge in [0.2, 0.25) is 0 Å². The van der Waals surface area contributed by atoms with Gasteiger partial charge in [0, 0.05) is 11.5 Å². The quantitative estimate of drug-likeness (QED) is 0.727. The molecule has 0 aliphatic rings. The average Bonchev–Trinajstić information content (AvgIpc) is 2.75. The number of halogens is 1. The third kappa shape index (κ3) is 2.22. The summed E-state index contributed by atoms with van der Waals surface area (Å²) in [7, 11) is 1.80. The zero-order valence-corrected chi connectivity index (χ0v) is 11.3. The van der Waals surface area contributed by atoms with E-state index in [4.69, 9.17) is 4.74 Å². The molecular formula is C13H10BrN3O. The topological polar surface area (TPSA) is 39.9 Å². The highest BCUT2D eigenvalue weighted by Gasteiger charge is 2.02. The Morgan fingerprint density at radius 3 is 2.67 bits per heavy atom. The minimum atomic E-state index is 0.494. The van der Waals surface area contributed by atoms with Gasteiger partial charge in [-0.15, -0.1) is 0 Å². The predicted molar refractivity (Wildman–Crippen MR) is 72.7 cm³/mol. The first kappa shape index (κ1) is 11.2. The van der Waals surface area contributed by atoms with Gasteiger partial charge in [-0.3, -0.25) is 4.68 Å². The van der Waals surface area contributed by atoms with E-state index in [1.54, 1.807) is 17.9 Å². The van der Waals surface area contributed by atoms with E-state index in [0.717, 1.165) is 21.0 Å². The summed E-state index contributed by atoms with van der Waals surface area (Å²) in [5.74, 6) is 1.25. The lowest BCUT2D eigenvalue weighted by molar-refractivity contribution is 0.462. The maximum Gasteiger partial charge on any atom is 0.258 e. The van der Waals surface area contributed by atoms with Gasteiger partial charge in [-0.25, -0.2) is 0 Å². The van der Waals surface area contributed by atoms with Crippen LogP contribution in [0.15, 0.2) is 47.1 Å². The zero-order chi connectivity index (χ0) is 12.5. The Morgan fingerprint density at radius 2 is 1.89 bits per heavy atom. The van der Waals surface area contributed by atoms with Gasteiger partial charge < -0.3 is 4.74 Å². The molecule has 0 saturated carbocycles. The number of nitrogens with zero attached hydrogens (tertiary/aromatic N) is 3. The van der Waals surface area contributed by atoms with Crippen molar-refractivity contribution in [1.82, 2.24) is 15.0 Å². The van der Waals surface area contributed by atoms with E-state index in [0.29, 0.717) is 5.88 Å². The lowest BCUT2D eigenvalue weighted by Gasteiger charge is -2.04. The fourth-order valence-electron chi connectivity index (χ4n) is 1.75. The van der Waals surface area contributed by atoms with Gasteiger partial charge in [0.05, 0.1) is 6.20 Å². The van der Waals surface area contributed by atoms with Crippen molar-refractivity contribution < 1.29 is 4.74 Å². The molecule has 4 nitrogen and oxygen atoms in total. The second kappa shape index (κ2) is 4.42. The van der Waals surface area contributed by atoms with Gasteiger partial charge in [-0.2, -0.15) is 0 Å². The van der Waals surface area contributed by atoms with Gasteiger partial charge in [0.25, 0.3) is 5.88 Å². The number of hydrogen-bond acceptors (Lipinski definition) is 3. The van der Waals surface area contributed by atoms with Gasteiger partial charge in [0.1, 0.15) is 5.75 Å². The highest BCUT2D eigenvalue weighted by molar-refractivity contribution is 9.10. The van der Waals surface area contributed by atoms with Gasteiger partial charge in [0.15, 0.2) is 0 Å². The largest absolute Gasteiger partial charge is 0.436 e.